The van der Waals surface area contributed by atoms with E-state index < -0.39 is 23.8 Å². The van der Waals surface area contributed by atoms with Crippen LogP contribution in [-0.4, -0.2) is 232 Å². The molecule has 4 amide bonds. The smallest absolute Gasteiger partial charge is 0.549 e. The first-order chi connectivity index (χ1) is 48.3. The van der Waals surface area contributed by atoms with Gasteiger partial charge in [-0.3, -0.25) is 19.2 Å². The molecule has 0 aromatic carbocycles. The number of carboxylic acid groups (broad SMARTS) is 3. The van der Waals surface area contributed by atoms with E-state index in [0.717, 1.165) is 126 Å². The van der Waals surface area contributed by atoms with Crippen LogP contribution in [0.1, 0.15) is 285 Å². The maximum Gasteiger partial charge on any atom is 1.00 e. The van der Waals surface area contributed by atoms with Gasteiger partial charge in [-0.1, -0.05) is 233 Å². The molecule has 4 N–H and O–H groups in total. The van der Waals surface area contributed by atoms with Gasteiger partial charge in [-0.15, -0.1) is 58.6 Å². The number of aliphatic carboxylic acids is 3. The van der Waals surface area contributed by atoms with E-state index in [0.29, 0.717) is 48.0 Å². The Morgan fingerprint density at radius 3 is 0.716 bits per heavy atom. The van der Waals surface area contributed by atoms with Gasteiger partial charge in [0.1, 0.15) is 13.1 Å². The van der Waals surface area contributed by atoms with Crippen molar-refractivity contribution >= 4 is 100 Å². The molecule has 0 rings (SSSR count). The number of hydrogen-bond acceptors (Lipinski definition) is 16. The molecule has 0 radical (unpaired) electrons. The number of rotatable bonds is 71. The summed E-state index contributed by atoms with van der Waals surface area (Å²) in [4.78, 5) is 88.5. The maximum absolute atomic E-state index is 13.3. The second-order valence-electron chi connectivity index (χ2n) is 29.6. The topological polar surface area (TPSA) is 243 Å². The maximum atomic E-state index is 13.3. The zero-order chi connectivity index (χ0) is 76.1. The number of hydrogen-bond donors (Lipinski definition) is 4. The number of alkyl halides is 1. The summed E-state index contributed by atoms with van der Waals surface area (Å²) in [6, 6.07) is 0. The van der Waals surface area contributed by atoms with E-state index in [9.17, 15) is 39.0 Å². The zero-order valence-corrected chi connectivity index (χ0v) is 73.6. The molecule has 0 aliphatic rings. The van der Waals surface area contributed by atoms with Gasteiger partial charge in [-0.2, -0.15) is 0 Å². The number of halogens is 1. The molecule has 0 heterocycles. The number of likely N-dealkylation sites (N-methyl/N-ethyl adjacent to an activating group) is 2. The van der Waals surface area contributed by atoms with Crippen molar-refractivity contribution in [3.8, 4) is 0 Å². The van der Waals surface area contributed by atoms with Crippen molar-refractivity contribution in [3.05, 3.63) is 0 Å². The van der Waals surface area contributed by atoms with Crippen molar-refractivity contribution in [2.24, 2.45) is 0 Å². The van der Waals surface area contributed by atoms with Gasteiger partial charge in [0.05, 0.1) is 86.1 Å². The van der Waals surface area contributed by atoms with E-state index in [1.807, 2.05) is 51.7 Å². The van der Waals surface area contributed by atoms with Gasteiger partial charge >= 0.3 is 29.6 Å². The van der Waals surface area contributed by atoms with Crippen LogP contribution in [0.25, 0.3) is 0 Å². The van der Waals surface area contributed by atoms with E-state index in [2.05, 4.69) is 98.6 Å². The van der Waals surface area contributed by atoms with Crippen molar-refractivity contribution in [3.63, 3.8) is 0 Å². The second kappa shape index (κ2) is 76.6. The molecule has 0 spiro atoms. The van der Waals surface area contributed by atoms with Gasteiger partial charge in [-0.05, 0) is 79.8 Å². The summed E-state index contributed by atoms with van der Waals surface area (Å²) in [7, 11) is 15.7. The number of quaternary nitrogens is 2. The largest absolute Gasteiger partial charge is 1.00 e. The van der Waals surface area contributed by atoms with Crippen LogP contribution < -0.4 is 66.1 Å². The monoisotopic (exact) mass is 1550 g/mol. The molecular weight excluding hydrogens is 1400 g/mol. The van der Waals surface area contributed by atoms with Crippen molar-refractivity contribution in [2.45, 2.75) is 306 Å². The summed E-state index contributed by atoms with van der Waals surface area (Å²) >= 11 is 11.7. The third-order valence-corrected chi connectivity index (χ3v) is 23.7. The fourth-order valence-corrected chi connectivity index (χ4v) is 16.7. The minimum atomic E-state index is -1.23. The number of nitrogens with zero attached hydrogens (tertiary/aromatic N) is 4. The van der Waals surface area contributed by atoms with Crippen LogP contribution in [0.15, 0.2) is 0 Å². The molecule has 0 aromatic heterocycles. The number of carboxylic acids is 3. The molecule has 0 aliphatic carbocycles. The van der Waals surface area contributed by atoms with Gasteiger partial charge in [0.25, 0.3) is 0 Å². The Hall–Kier alpha value is -1.18. The van der Waals surface area contributed by atoms with Gasteiger partial charge in [0, 0.05) is 62.0 Å². The molecule has 4 unspecified atom stereocenters. The fourth-order valence-electron chi connectivity index (χ4n) is 11.7. The molecule has 4 atom stereocenters. The van der Waals surface area contributed by atoms with Gasteiger partial charge in [0.2, 0.25) is 23.6 Å². The first-order valence-electron chi connectivity index (χ1n) is 40.0. The van der Waals surface area contributed by atoms with Crippen LogP contribution >= 0.6 is 58.6 Å². The molecule has 24 heteroatoms. The molecule has 0 saturated carbocycles. The van der Waals surface area contributed by atoms with Crippen LogP contribution in [0.5, 0.6) is 0 Å². The van der Waals surface area contributed by atoms with E-state index in [1.54, 1.807) is 23.5 Å². The predicted octanol–water partition coefficient (Wildman–Crippen LogP) is 9.28. The Morgan fingerprint density at radius 2 is 0.529 bits per heavy atom. The molecule has 0 aliphatic heterocycles. The molecule has 598 valence electrons. The Balaban J connectivity index is -0.000000883. The molecule has 0 fully saturated rings. The van der Waals surface area contributed by atoms with Crippen LogP contribution in [0.4, 0.5) is 0 Å². The molecule has 18 nitrogen and oxygen atoms in total. The first-order valence-corrected chi connectivity index (χ1v) is 44.7. The zero-order valence-electron chi connectivity index (χ0n) is 67.6. The average Bonchev–Trinajstić information content (AvgIpc) is 0.972. The Kier molecular flexibility index (Phi) is 80.5. The number of carbonyl (C=O) groups is 7. The van der Waals surface area contributed by atoms with Crippen molar-refractivity contribution < 1.29 is 87.4 Å². The van der Waals surface area contributed by atoms with E-state index in [-0.39, 0.29) is 87.3 Å². The average molecular weight is 1550 g/mol. The quantitative estimate of drug-likeness (QED) is 0.0192. The second-order valence-corrected chi connectivity index (χ2v) is 35.1. The standard InChI is InChI=1S/C40H78N4O6S2.C36H74N4O2S2.C2H3ClO2.Na/c1-7-9-11-13-15-17-19-21-25-35(39(49)41-27-23-29-43(3,4)33-37(45)46)51-31-32-52-36(26-22-20-18-16-14-12-10-8-2)40(50)42-28-24-30-44(5,6)34-38(47)48;1-7-9-11-13-15-17-19-21-25-33(35(41)37-27-23-29-39(3)4)43-31-32-44-34(36(42)38-28-24-30-40(5)6)26-22-20-18-16-14-12-10-8-2;3-1-2(4)5;/h35-36H,7-34H2,1-6H3,(H2-2,41,42,45,46,47,48,49,50);33-34H,7-32H2,1-6H3,(H,37,41)(H,38,42);1H2,(H,4,5);/q;;;+1/p-1. The Labute approximate surface area is 669 Å². The summed E-state index contributed by atoms with van der Waals surface area (Å²) in [5.41, 5.74) is 0. The number of unbranched alkanes of at least 4 members (excludes halogenated alkanes) is 28. The summed E-state index contributed by atoms with van der Waals surface area (Å²) in [5, 5.41) is 43.6. The summed E-state index contributed by atoms with van der Waals surface area (Å²) < 4.78 is 0.637. The van der Waals surface area contributed by atoms with Crippen molar-refractivity contribution in [2.75, 3.05) is 151 Å². The third kappa shape index (κ3) is 77.0. The van der Waals surface area contributed by atoms with Crippen LogP contribution in [0.2, 0.25) is 0 Å². The number of amides is 4. The SMILES string of the molecule is CCCCCCCCCCC(SCCSC(CCCCCCCCCC)C(=O)NCCCN(C)C)C(=O)NCCCN(C)C.CCCCCCCCCCC(SCCSC(CCCCCCCCCC)C(=O)NCCC[N+](C)(C)CC(=O)[O-])C(=O)NCCC[N+](C)(C)CC(=O)[O-].O=C([O-])CCl.[Na+]. The number of nitrogens with one attached hydrogen (secondary N) is 4. The van der Waals surface area contributed by atoms with Crippen LogP contribution in [0, 0.1) is 0 Å². The van der Waals surface area contributed by atoms with Crippen molar-refractivity contribution in [1.29, 1.82) is 0 Å². The van der Waals surface area contributed by atoms with Gasteiger partial charge < -0.3 is 69.7 Å². The molecule has 0 aromatic rings. The molecular formula is C78H154ClN8NaO10S4. The molecule has 0 bridgehead atoms. The van der Waals surface area contributed by atoms with E-state index in [1.165, 1.54) is 167 Å². The first kappa shape index (κ1) is 107. The van der Waals surface area contributed by atoms with Crippen LogP contribution in [0.3, 0.4) is 0 Å². The number of thioether (sulfide) groups is 4. The minimum Gasteiger partial charge on any atom is -0.549 e. The summed E-state index contributed by atoms with van der Waals surface area (Å²) in [6.45, 7) is 14.7. The van der Waals surface area contributed by atoms with Gasteiger partial charge in [0.15, 0.2) is 0 Å². The predicted molar refractivity (Wildman–Crippen MR) is 431 cm³/mol. The summed E-state index contributed by atoms with van der Waals surface area (Å²) in [5.74, 6) is 0.127. The fraction of sp³-hybridized carbons (Fsp3) is 0.910. The van der Waals surface area contributed by atoms with Gasteiger partial charge in [-0.25, -0.2) is 0 Å². The molecule has 102 heavy (non-hydrogen) atoms. The van der Waals surface area contributed by atoms with Crippen molar-refractivity contribution in [1.82, 2.24) is 31.1 Å². The minimum absolute atomic E-state index is 0. The Bertz CT molecular complexity index is 1870. The molecule has 0 saturated heterocycles. The normalized spacial score (nSPS) is 12.7. The summed E-state index contributed by atoms with van der Waals surface area (Å²) in [6.07, 6.45) is 47.0. The number of carbonyl (C=O) groups excluding carboxylic acids is 7. The Morgan fingerprint density at radius 1 is 0.333 bits per heavy atom. The third-order valence-electron chi connectivity index (χ3n) is 17.8. The van der Waals surface area contributed by atoms with E-state index >= 15 is 0 Å². The van der Waals surface area contributed by atoms with E-state index in [4.69, 9.17) is 9.90 Å². The van der Waals surface area contributed by atoms with Crippen LogP contribution in [-0.2, 0) is 33.6 Å².